The summed E-state index contributed by atoms with van der Waals surface area (Å²) >= 11 is 0. The lowest BCUT2D eigenvalue weighted by atomic mass is 9.80. The second-order valence-electron chi connectivity index (χ2n) is 8.53. The van der Waals surface area contributed by atoms with Gasteiger partial charge in [0.15, 0.2) is 0 Å². The third-order valence-corrected chi connectivity index (χ3v) is 6.31. The normalized spacial score (nSPS) is 33.8. The predicted molar refractivity (Wildman–Crippen MR) is 90.0 cm³/mol. The fraction of sp³-hybridized carbons (Fsp3) is 0.895. The van der Waals surface area contributed by atoms with E-state index in [-0.39, 0.29) is 35.8 Å². The molecule has 0 radical (unpaired) electrons. The summed E-state index contributed by atoms with van der Waals surface area (Å²) in [7, 11) is 4.38. The van der Waals surface area contributed by atoms with Gasteiger partial charge in [0.25, 0.3) is 0 Å². The van der Waals surface area contributed by atoms with Crippen LogP contribution in [0, 0.1) is 23.7 Å². The Hall–Kier alpha value is -1.10. The first-order valence-corrected chi connectivity index (χ1v) is 9.62. The number of quaternary nitrogens is 1. The van der Waals surface area contributed by atoms with Crippen molar-refractivity contribution in [3.63, 3.8) is 0 Å². The van der Waals surface area contributed by atoms with Crippen molar-refractivity contribution in [1.29, 1.82) is 0 Å². The minimum atomic E-state index is -0.249. The molecule has 0 aromatic heterocycles. The van der Waals surface area contributed by atoms with Crippen LogP contribution in [-0.4, -0.2) is 56.3 Å². The molecule has 1 saturated heterocycles. The zero-order valence-corrected chi connectivity index (χ0v) is 15.3. The number of ether oxygens (including phenoxy) is 2. The number of hydrogen-bond donors (Lipinski definition) is 0. The number of carbonyl (C=O) groups excluding carboxylic acids is 2. The number of nitrogens with zero attached hydrogens (tertiary/aromatic N) is 1. The van der Waals surface area contributed by atoms with Gasteiger partial charge in [-0.3, -0.25) is 9.59 Å². The molecule has 0 unspecified atom stereocenters. The van der Waals surface area contributed by atoms with E-state index >= 15 is 0 Å². The molecule has 0 spiro atoms. The maximum Gasteiger partial charge on any atom is 0.310 e. The van der Waals surface area contributed by atoms with Crippen LogP contribution in [0.25, 0.3) is 0 Å². The van der Waals surface area contributed by atoms with Gasteiger partial charge in [-0.2, -0.15) is 0 Å². The summed E-state index contributed by atoms with van der Waals surface area (Å²) in [6, 6.07) is 0. The molecule has 0 amide bonds. The van der Waals surface area contributed by atoms with Gasteiger partial charge in [-0.1, -0.05) is 19.8 Å². The molecule has 3 aliphatic rings. The zero-order valence-electron chi connectivity index (χ0n) is 15.3. The van der Waals surface area contributed by atoms with Crippen LogP contribution in [-0.2, 0) is 19.1 Å². The molecule has 5 atom stereocenters. The SMILES string of the molecule is CCCCCC[N+](C)(C)CCOC(=O)[C@H]1[C@@H]2C[C@@H]3[C@@H]1C(=O)O[C@@H]3C2. The van der Waals surface area contributed by atoms with E-state index in [0.717, 1.165) is 30.4 Å². The Morgan fingerprint density at radius 1 is 1.21 bits per heavy atom. The van der Waals surface area contributed by atoms with Gasteiger partial charge < -0.3 is 14.0 Å². The van der Waals surface area contributed by atoms with E-state index in [1.807, 2.05) is 0 Å². The first-order chi connectivity index (χ1) is 11.4. The summed E-state index contributed by atoms with van der Waals surface area (Å²) in [5, 5.41) is 0. The van der Waals surface area contributed by atoms with Crippen LogP contribution >= 0.6 is 0 Å². The quantitative estimate of drug-likeness (QED) is 0.368. The molecular weight excluding hydrogens is 306 g/mol. The van der Waals surface area contributed by atoms with Crippen LogP contribution < -0.4 is 0 Å². The fourth-order valence-electron chi connectivity index (χ4n) is 4.89. The van der Waals surface area contributed by atoms with Crippen LogP contribution in [0.2, 0.25) is 0 Å². The molecule has 0 aromatic rings. The summed E-state index contributed by atoms with van der Waals surface area (Å²) in [5.41, 5.74) is 0. The minimum Gasteiger partial charge on any atom is -0.462 e. The molecule has 0 N–H and O–H groups in total. The van der Waals surface area contributed by atoms with Crippen molar-refractivity contribution < 1.29 is 23.5 Å². The van der Waals surface area contributed by atoms with Gasteiger partial charge in [0, 0.05) is 5.92 Å². The van der Waals surface area contributed by atoms with E-state index in [4.69, 9.17) is 9.47 Å². The van der Waals surface area contributed by atoms with Crippen molar-refractivity contribution in [3.05, 3.63) is 0 Å². The van der Waals surface area contributed by atoms with Gasteiger partial charge in [0.05, 0.1) is 32.5 Å². The van der Waals surface area contributed by atoms with Crippen molar-refractivity contribution in [3.8, 4) is 0 Å². The lowest BCUT2D eigenvalue weighted by Crippen LogP contribution is -2.44. The molecule has 1 aliphatic heterocycles. The second kappa shape index (κ2) is 7.03. The molecule has 2 bridgehead atoms. The Bertz CT molecular complexity index is 488. The lowest BCUT2D eigenvalue weighted by Gasteiger charge is -2.30. The molecule has 5 heteroatoms. The Balaban J connectivity index is 1.42. The summed E-state index contributed by atoms with van der Waals surface area (Å²) in [5.74, 6) is -0.250. The third kappa shape index (κ3) is 3.46. The molecule has 3 fully saturated rings. The Morgan fingerprint density at radius 2 is 2.00 bits per heavy atom. The molecule has 5 nitrogen and oxygen atoms in total. The molecular formula is C19H32NO4+. The van der Waals surface area contributed by atoms with Crippen LogP contribution in [0.4, 0.5) is 0 Å². The van der Waals surface area contributed by atoms with Crippen molar-refractivity contribution in [2.45, 2.75) is 51.6 Å². The Kier molecular flexibility index (Phi) is 5.19. The maximum atomic E-state index is 12.5. The number of rotatable bonds is 9. The van der Waals surface area contributed by atoms with Crippen molar-refractivity contribution >= 4 is 11.9 Å². The molecule has 0 aromatic carbocycles. The summed E-state index contributed by atoms with van der Waals surface area (Å²) in [6.07, 6.45) is 6.92. The molecule has 24 heavy (non-hydrogen) atoms. The monoisotopic (exact) mass is 338 g/mol. The highest BCUT2D eigenvalue weighted by atomic mass is 16.6. The van der Waals surface area contributed by atoms with Crippen molar-refractivity contribution in [1.82, 2.24) is 0 Å². The number of likely N-dealkylation sites (N-methyl/N-ethyl adjacent to an activating group) is 1. The van der Waals surface area contributed by atoms with Crippen LogP contribution in [0.1, 0.15) is 45.4 Å². The van der Waals surface area contributed by atoms with Crippen LogP contribution in [0.5, 0.6) is 0 Å². The molecule has 136 valence electrons. The van der Waals surface area contributed by atoms with E-state index < -0.39 is 0 Å². The molecule has 3 rings (SSSR count). The van der Waals surface area contributed by atoms with Gasteiger partial charge in [0.2, 0.25) is 0 Å². The zero-order chi connectivity index (χ0) is 17.3. The third-order valence-electron chi connectivity index (χ3n) is 6.31. The average molecular weight is 338 g/mol. The topological polar surface area (TPSA) is 52.6 Å². The second-order valence-corrected chi connectivity index (χ2v) is 8.53. The van der Waals surface area contributed by atoms with Gasteiger partial charge in [-0.25, -0.2) is 0 Å². The number of hydrogen-bond acceptors (Lipinski definition) is 4. The van der Waals surface area contributed by atoms with E-state index in [0.29, 0.717) is 12.5 Å². The van der Waals surface area contributed by atoms with Gasteiger partial charge >= 0.3 is 11.9 Å². The molecule has 1 heterocycles. The maximum absolute atomic E-state index is 12.5. The lowest BCUT2D eigenvalue weighted by molar-refractivity contribution is -0.890. The van der Waals surface area contributed by atoms with E-state index in [9.17, 15) is 9.59 Å². The Morgan fingerprint density at radius 3 is 2.75 bits per heavy atom. The highest BCUT2D eigenvalue weighted by Gasteiger charge is 2.64. The van der Waals surface area contributed by atoms with Crippen molar-refractivity contribution in [2.24, 2.45) is 23.7 Å². The smallest absolute Gasteiger partial charge is 0.310 e. The average Bonchev–Trinajstić information content (AvgIpc) is 3.13. The first-order valence-electron chi connectivity index (χ1n) is 9.62. The van der Waals surface area contributed by atoms with E-state index in [1.54, 1.807) is 0 Å². The van der Waals surface area contributed by atoms with Crippen LogP contribution in [0.3, 0.4) is 0 Å². The largest absolute Gasteiger partial charge is 0.462 e. The van der Waals surface area contributed by atoms with Gasteiger partial charge in [-0.05, 0) is 31.6 Å². The Labute approximate surface area is 145 Å². The fourth-order valence-corrected chi connectivity index (χ4v) is 4.89. The van der Waals surface area contributed by atoms with E-state index in [2.05, 4.69) is 21.0 Å². The number of esters is 2. The highest BCUT2D eigenvalue weighted by molar-refractivity contribution is 5.85. The molecule has 2 saturated carbocycles. The van der Waals surface area contributed by atoms with E-state index in [1.165, 1.54) is 25.7 Å². The minimum absolute atomic E-state index is 0.0790. The summed E-state index contributed by atoms with van der Waals surface area (Å²) < 4.78 is 11.8. The highest BCUT2D eigenvalue weighted by Crippen LogP contribution is 2.57. The summed E-state index contributed by atoms with van der Waals surface area (Å²) in [4.78, 5) is 24.5. The van der Waals surface area contributed by atoms with Gasteiger partial charge in [0.1, 0.15) is 19.3 Å². The van der Waals surface area contributed by atoms with Crippen molar-refractivity contribution in [2.75, 3.05) is 33.8 Å². The number of unbranched alkanes of at least 4 members (excludes halogenated alkanes) is 3. The van der Waals surface area contributed by atoms with Gasteiger partial charge in [-0.15, -0.1) is 0 Å². The summed E-state index contributed by atoms with van der Waals surface area (Å²) in [6.45, 7) is 4.61. The molecule has 2 aliphatic carbocycles. The predicted octanol–water partition coefficient (Wildman–Crippen LogP) is 2.38. The first kappa shape index (κ1) is 17.7. The number of carbonyl (C=O) groups is 2. The van der Waals surface area contributed by atoms with Crippen LogP contribution in [0.15, 0.2) is 0 Å². The standard InChI is InChI=1S/C19H32NO4/c1-4-5-6-7-8-20(2,3)9-10-23-18(21)16-13-11-14-15(12-13)24-19(22)17(14)16/h13-17H,4-12H2,1-3H3/q+1/t13-,14+,15-,16+,17+/m1/s1. The number of fused-ring (bicyclic) bond motifs is 1.